The highest BCUT2D eigenvalue weighted by molar-refractivity contribution is 6.10. The van der Waals surface area contributed by atoms with Crippen molar-refractivity contribution >= 4 is 28.0 Å². The molecule has 3 nitrogen and oxygen atoms in total. The first kappa shape index (κ1) is 14.4. The van der Waals surface area contributed by atoms with E-state index < -0.39 is 23.3 Å². The Morgan fingerprint density at radius 3 is 2.55 bits per heavy atom. The Bertz CT molecular complexity index is 809. The molecule has 0 spiro atoms. The first-order valence-electron chi connectivity index (χ1n) is 6.57. The van der Waals surface area contributed by atoms with E-state index in [1.165, 1.54) is 6.07 Å². The van der Waals surface area contributed by atoms with Gasteiger partial charge >= 0.3 is 6.18 Å². The smallest absolute Gasteiger partial charge is 0.454 e. The van der Waals surface area contributed by atoms with Crippen LogP contribution < -0.4 is 4.90 Å². The van der Waals surface area contributed by atoms with E-state index in [0.29, 0.717) is 5.69 Å². The van der Waals surface area contributed by atoms with Gasteiger partial charge in [0.2, 0.25) is 0 Å². The molecule has 2 aromatic carbocycles. The average Bonchev–Trinajstić information content (AvgIpc) is 2.48. The summed E-state index contributed by atoms with van der Waals surface area (Å²) in [6, 6.07) is 10.6. The topological polar surface area (TPSA) is 40.5 Å². The van der Waals surface area contributed by atoms with Crippen LogP contribution in [0.25, 0.3) is 16.5 Å². The maximum Gasteiger partial charge on any atom is 0.454 e. The first-order valence-corrected chi connectivity index (χ1v) is 6.57. The van der Waals surface area contributed by atoms with Crippen molar-refractivity contribution in [1.29, 1.82) is 0 Å². The third-order valence-corrected chi connectivity index (χ3v) is 3.75. The van der Waals surface area contributed by atoms with Crippen molar-refractivity contribution in [3.05, 3.63) is 47.5 Å². The average molecular weight is 307 g/mol. The van der Waals surface area contributed by atoms with Crippen molar-refractivity contribution in [3.8, 4) is 0 Å². The van der Waals surface area contributed by atoms with Gasteiger partial charge in [-0.1, -0.05) is 30.3 Å². The molecular weight excluding hydrogens is 295 g/mol. The zero-order valence-electron chi connectivity index (χ0n) is 11.6. The molecule has 2 aromatic rings. The molecule has 0 saturated heterocycles. The van der Waals surface area contributed by atoms with Crippen molar-refractivity contribution in [2.75, 3.05) is 18.5 Å². The summed E-state index contributed by atoms with van der Waals surface area (Å²) in [6.45, 7) is -0.287. The van der Waals surface area contributed by atoms with Gasteiger partial charge < -0.3 is 10.0 Å². The number of carbonyl (C=O) groups is 1. The van der Waals surface area contributed by atoms with Gasteiger partial charge in [0.15, 0.2) is 0 Å². The number of benzene rings is 2. The molecule has 0 aromatic heterocycles. The number of aliphatic hydroxyl groups excluding tert-OH is 1. The number of likely N-dealkylation sites (N-methyl/N-ethyl adjacent to an activating group) is 1. The molecule has 0 atom stereocenters. The SMILES string of the molecule is CN1CC(C(=O)C(F)(F)F)=C(O)c2ccc3ccccc3c21. The number of alkyl halides is 3. The van der Waals surface area contributed by atoms with E-state index >= 15 is 0 Å². The minimum atomic E-state index is -5.00. The fourth-order valence-electron chi connectivity index (χ4n) is 2.76. The van der Waals surface area contributed by atoms with Crippen LogP contribution in [0.2, 0.25) is 0 Å². The maximum absolute atomic E-state index is 12.6. The second kappa shape index (κ2) is 4.76. The number of fused-ring (bicyclic) bond motifs is 3. The van der Waals surface area contributed by atoms with E-state index in [9.17, 15) is 23.1 Å². The molecule has 0 fully saturated rings. The van der Waals surface area contributed by atoms with Crippen molar-refractivity contribution in [2.45, 2.75) is 6.18 Å². The summed E-state index contributed by atoms with van der Waals surface area (Å²) in [7, 11) is 1.60. The van der Waals surface area contributed by atoms with Crippen molar-refractivity contribution < 1.29 is 23.1 Å². The molecule has 0 aliphatic carbocycles. The Labute approximate surface area is 124 Å². The van der Waals surface area contributed by atoms with Gasteiger partial charge in [0.25, 0.3) is 5.78 Å². The Morgan fingerprint density at radius 1 is 1.18 bits per heavy atom. The zero-order chi connectivity index (χ0) is 16.1. The van der Waals surface area contributed by atoms with Gasteiger partial charge in [0.1, 0.15) is 5.76 Å². The van der Waals surface area contributed by atoms with Crippen molar-refractivity contribution in [1.82, 2.24) is 0 Å². The number of Topliss-reactive ketones (excluding diaryl/α,β-unsaturated/α-hetero) is 1. The minimum absolute atomic E-state index is 0.236. The molecule has 1 heterocycles. The molecule has 1 aliphatic heterocycles. The summed E-state index contributed by atoms with van der Waals surface area (Å²) in [5, 5.41) is 11.9. The lowest BCUT2D eigenvalue weighted by Gasteiger charge is -2.30. The van der Waals surface area contributed by atoms with Gasteiger partial charge in [0, 0.05) is 18.0 Å². The number of hydrogen-bond acceptors (Lipinski definition) is 3. The van der Waals surface area contributed by atoms with E-state index in [-0.39, 0.29) is 12.1 Å². The predicted molar refractivity (Wildman–Crippen MR) is 77.8 cm³/mol. The Balaban J connectivity index is 2.25. The Hall–Kier alpha value is -2.50. The van der Waals surface area contributed by atoms with Gasteiger partial charge in [0.05, 0.1) is 17.8 Å². The van der Waals surface area contributed by atoms with E-state index in [2.05, 4.69) is 0 Å². The normalized spacial score (nSPS) is 15.2. The standard InChI is InChI=1S/C16H12F3NO2/c1-20-8-12(15(22)16(17,18)19)14(21)11-7-6-9-4-2-3-5-10(9)13(11)20/h2-7,21H,8H2,1H3. The van der Waals surface area contributed by atoms with Gasteiger partial charge in [-0.25, -0.2) is 0 Å². The molecule has 3 rings (SSSR count). The quantitative estimate of drug-likeness (QED) is 0.873. The summed E-state index contributed by atoms with van der Waals surface area (Å²) in [6.07, 6.45) is -5.00. The van der Waals surface area contributed by atoms with Crippen LogP contribution in [0.3, 0.4) is 0 Å². The molecule has 0 saturated carbocycles. The van der Waals surface area contributed by atoms with E-state index in [1.54, 1.807) is 18.0 Å². The molecule has 0 amide bonds. The van der Waals surface area contributed by atoms with Crippen LogP contribution in [0.15, 0.2) is 42.0 Å². The molecule has 114 valence electrons. The van der Waals surface area contributed by atoms with Crippen LogP contribution in [-0.2, 0) is 4.79 Å². The summed E-state index contributed by atoms with van der Waals surface area (Å²) >= 11 is 0. The number of halogens is 3. The number of anilines is 1. The van der Waals surface area contributed by atoms with E-state index in [1.807, 2.05) is 24.3 Å². The molecule has 1 aliphatic rings. The van der Waals surface area contributed by atoms with Crippen molar-refractivity contribution in [2.24, 2.45) is 0 Å². The van der Waals surface area contributed by atoms with E-state index in [4.69, 9.17) is 0 Å². The van der Waals surface area contributed by atoms with Gasteiger partial charge in [-0.3, -0.25) is 4.79 Å². The number of hydrogen-bond donors (Lipinski definition) is 1. The lowest BCUT2D eigenvalue weighted by Crippen LogP contribution is -2.35. The van der Waals surface area contributed by atoms with E-state index in [0.717, 1.165) is 10.8 Å². The van der Waals surface area contributed by atoms with Crippen LogP contribution in [0, 0.1) is 0 Å². The fourth-order valence-corrected chi connectivity index (χ4v) is 2.76. The highest BCUT2D eigenvalue weighted by Crippen LogP contribution is 2.39. The molecule has 0 radical (unpaired) electrons. The highest BCUT2D eigenvalue weighted by atomic mass is 19.4. The molecule has 0 unspecified atom stereocenters. The second-order valence-corrected chi connectivity index (χ2v) is 5.19. The minimum Gasteiger partial charge on any atom is -0.507 e. The molecule has 0 bridgehead atoms. The Morgan fingerprint density at radius 2 is 1.86 bits per heavy atom. The predicted octanol–water partition coefficient (Wildman–Crippen LogP) is 3.69. The second-order valence-electron chi connectivity index (χ2n) is 5.19. The Kier molecular flexibility index (Phi) is 3.12. The largest absolute Gasteiger partial charge is 0.507 e. The third kappa shape index (κ3) is 2.11. The number of aliphatic hydroxyl groups is 1. The zero-order valence-corrected chi connectivity index (χ0v) is 11.6. The molecule has 1 N–H and O–H groups in total. The summed E-state index contributed by atoms with van der Waals surface area (Å²) in [5.41, 5.74) is 0.229. The summed E-state index contributed by atoms with van der Waals surface area (Å²) in [4.78, 5) is 13.0. The lowest BCUT2D eigenvalue weighted by atomic mass is 9.94. The van der Waals surface area contributed by atoms with Crippen molar-refractivity contribution in [3.63, 3.8) is 0 Å². The first-order chi connectivity index (χ1) is 10.3. The summed E-state index contributed by atoms with van der Waals surface area (Å²) < 4.78 is 37.9. The monoisotopic (exact) mass is 307 g/mol. The molecule has 6 heteroatoms. The number of ketones is 1. The molecular formula is C16H12F3NO2. The number of nitrogens with zero attached hydrogens (tertiary/aromatic N) is 1. The summed E-state index contributed by atoms with van der Waals surface area (Å²) in [5.74, 6) is -2.60. The maximum atomic E-state index is 12.6. The van der Waals surface area contributed by atoms with Gasteiger partial charge in [-0.2, -0.15) is 13.2 Å². The lowest BCUT2D eigenvalue weighted by molar-refractivity contribution is -0.166. The third-order valence-electron chi connectivity index (χ3n) is 3.75. The van der Waals surface area contributed by atoms with Crippen LogP contribution >= 0.6 is 0 Å². The van der Waals surface area contributed by atoms with Crippen LogP contribution in [-0.4, -0.2) is 30.7 Å². The molecule has 22 heavy (non-hydrogen) atoms. The fraction of sp³-hybridized carbons (Fsp3) is 0.188. The van der Waals surface area contributed by atoms with Gasteiger partial charge in [-0.15, -0.1) is 0 Å². The van der Waals surface area contributed by atoms with Crippen LogP contribution in [0.5, 0.6) is 0 Å². The number of rotatable bonds is 1. The number of carbonyl (C=O) groups excluding carboxylic acids is 1. The van der Waals surface area contributed by atoms with Crippen LogP contribution in [0.1, 0.15) is 5.56 Å². The van der Waals surface area contributed by atoms with Crippen LogP contribution in [0.4, 0.5) is 18.9 Å². The van der Waals surface area contributed by atoms with Gasteiger partial charge in [-0.05, 0) is 11.5 Å². The highest BCUT2D eigenvalue weighted by Gasteiger charge is 2.43.